The molecule has 1 saturated carbocycles. The Morgan fingerprint density at radius 3 is 2.50 bits per heavy atom. The van der Waals surface area contributed by atoms with Gasteiger partial charge in [-0.05, 0) is 31.4 Å². The number of amides is 1. The Balaban J connectivity index is 1.33. The molecule has 1 atom stereocenters. The van der Waals surface area contributed by atoms with E-state index in [9.17, 15) is 4.79 Å². The summed E-state index contributed by atoms with van der Waals surface area (Å²) in [5.74, 6) is 1.90. The first-order valence-corrected chi connectivity index (χ1v) is 8.26. The molecule has 0 aromatic carbocycles. The Bertz CT molecular complexity index is 530. The van der Waals surface area contributed by atoms with Crippen molar-refractivity contribution in [2.75, 3.05) is 44.3 Å². The van der Waals surface area contributed by atoms with Crippen LogP contribution in [0.4, 0.5) is 5.82 Å². The number of hydrogen-bond acceptors (Lipinski definition) is 5. The van der Waals surface area contributed by atoms with Gasteiger partial charge in [0, 0.05) is 38.7 Å². The SMILES string of the molecule is O=C(C1CCOC1)N1CCN(c2ccc(C3CC3)nn2)CC1. The van der Waals surface area contributed by atoms with Crippen LogP contribution >= 0.6 is 0 Å². The highest BCUT2D eigenvalue weighted by Crippen LogP contribution is 2.38. The maximum Gasteiger partial charge on any atom is 0.228 e. The van der Waals surface area contributed by atoms with Gasteiger partial charge in [-0.15, -0.1) is 5.10 Å². The van der Waals surface area contributed by atoms with Gasteiger partial charge in [-0.25, -0.2) is 0 Å². The summed E-state index contributed by atoms with van der Waals surface area (Å²) in [6, 6.07) is 4.18. The van der Waals surface area contributed by atoms with Crippen molar-refractivity contribution in [2.24, 2.45) is 5.92 Å². The van der Waals surface area contributed by atoms with E-state index in [0.29, 0.717) is 12.5 Å². The number of piperazine rings is 1. The van der Waals surface area contributed by atoms with Gasteiger partial charge in [0.15, 0.2) is 5.82 Å². The largest absolute Gasteiger partial charge is 0.381 e. The highest BCUT2D eigenvalue weighted by molar-refractivity contribution is 5.79. The third-order valence-corrected chi connectivity index (χ3v) is 4.86. The molecule has 22 heavy (non-hydrogen) atoms. The van der Waals surface area contributed by atoms with E-state index >= 15 is 0 Å². The Labute approximate surface area is 130 Å². The number of carbonyl (C=O) groups is 1. The molecule has 2 saturated heterocycles. The number of anilines is 1. The minimum absolute atomic E-state index is 0.0733. The first kappa shape index (κ1) is 13.9. The molecule has 118 valence electrons. The number of ether oxygens (including phenoxy) is 1. The molecule has 0 N–H and O–H groups in total. The summed E-state index contributed by atoms with van der Waals surface area (Å²) in [4.78, 5) is 16.6. The lowest BCUT2D eigenvalue weighted by Gasteiger charge is -2.36. The van der Waals surface area contributed by atoms with Crippen LogP contribution in [-0.4, -0.2) is 60.4 Å². The van der Waals surface area contributed by atoms with Gasteiger partial charge in [-0.1, -0.05) is 0 Å². The lowest BCUT2D eigenvalue weighted by Crippen LogP contribution is -2.50. The van der Waals surface area contributed by atoms with Crippen LogP contribution in [0.3, 0.4) is 0 Å². The van der Waals surface area contributed by atoms with Crippen LogP contribution in [0.15, 0.2) is 12.1 Å². The zero-order chi connectivity index (χ0) is 14.9. The summed E-state index contributed by atoms with van der Waals surface area (Å²) >= 11 is 0. The quantitative estimate of drug-likeness (QED) is 0.835. The average Bonchev–Trinajstić information content (AvgIpc) is 3.29. The molecule has 4 rings (SSSR count). The normalized spacial score (nSPS) is 25.5. The molecular weight excluding hydrogens is 280 g/mol. The molecule has 1 amide bonds. The first-order chi connectivity index (χ1) is 10.8. The Kier molecular flexibility index (Phi) is 3.70. The third-order valence-electron chi connectivity index (χ3n) is 4.86. The second-order valence-corrected chi connectivity index (χ2v) is 6.46. The van der Waals surface area contributed by atoms with Crippen molar-refractivity contribution in [3.05, 3.63) is 17.8 Å². The standard InChI is InChI=1S/C16H22N4O2/c21-16(13-5-10-22-11-13)20-8-6-19(7-9-20)15-4-3-14(17-18-15)12-1-2-12/h3-4,12-13H,1-2,5-11H2. The zero-order valence-electron chi connectivity index (χ0n) is 12.8. The van der Waals surface area contributed by atoms with Crippen LogP contribution in [-0.2, 0) is 9.53 Å². The second kappa shape index (κ2) is 5.83. The third kappa shape index (κ3) is 2.79. The number of rotatable bonds is 3. The zero-order valence-corrected chi connectivity index (χ0v) is 12.8. The number of nitrogens with zero attached hydrogens (tertiary/aromatic N) is 4. The van der Waals surface area contributed by atoms with E-state index in [2.05, 4.69) is 27.2 Å². The molecule has 1 unspecified atom stereocenters. The maximum atomic E-state index is 12.4. The van der Waals surface area contributed by atoms with Crippen molar-refractivity contribution in [1.82, 2.24) is 15.1 Å². The van der Waals surface area contributed by atoms with Crippen LogP contribution in [0.2, 0.25) is 0 Å². The fourth-order valence-corrected chi connectivity index (χ4v) is 3.24. The van der Waals surface area contributed by atoms with Crippen molar-refractivity contribution < 1.29 is 9.53 Å². The Morgan fingerprint density at radius 1 is 1.09 bits per heavy atom. The van der Waals surface area contributed by atoms with Gasteiger partial charge < -0.3 is 14.5 Å². The molecule has 3 fully saturated rings. The van der Waals surface area contributed by atoms with Gasteiger partial charge in [0.25, 0.3) is 0 Å². The van der Waals surface area contributed by atoms with E-state index in [1.807, 2.05) is 4.90 Å². The molecule has 1 aliphatic carbocycles. The lowest BCUT2D eigenvalue weighted by molar-refractivity contribution is -0.135. The highest BCUT2D eigenvalue weighted by atomic mass is 16.5. The van der Waals surface area contributed by atoms with Crippen molar-refractivity contribution in [1.29, 1.82) is 0 Å². The maximum absolute atomic E-state index is 12.4. The van der Waals surface area contributed by atoms with Gasteiger partial charge in [-0.3, -0.25) is 4.79 Å². The van der Waals surface area contributed by atoms with E-state index in [4.69, 9.17) is 4.74 Å². The molecule has 6 nitrogen and oxygen atoms in total. The Hall–Kier alpha value is -1.69. The minimum atomic E-state index is 0.0733. The smallest absolute Gasteiger partial charge is 0.228 e. The Morgan fingerprint density at radius 2 is 1.91 bits per heavy atom. The lowest BCUT2D eigenvalue weighted by atomic mass is 10.1. The fourth-order valence-electron chi connectivity index (χ4n) is 3.24. The summed E-state index contributed by atoms with van der Waals surface area (Å²) in [5, 5.41) is 8.71. The van der Waals surface area contributed by atoms with E-state index in [1.54, 1.807) is 0 Å². The van der Waals surface area contributed by atoms with Gasteiger partial charge in [0.05, 0.1) is 18.2 Å². The molecule has 0 spiro atoms. The van der Waals surface area contributed by atoms with Crippen LogP contribution in [0.1, 0.15) is 30.9 Å². The van der Waals surface area contributed by atoms with Gasteiger partial charge in [0.1, 0.15) is 0 Å². The van der Waals surface area contributed by atoms with Gasteiger partial charge >= 0.3 is 0 Å². The molecule has 3 heterocycles. The first-order valence-electron chi connectivity index (χ1n) is 8.26. The predicted octanol–water partition coefficient (Wildman–Crippen LogP) is 1.04. The second-order valence-electron chi connectivity index (χ2n) is 6.46. The van der Waals surface area contributed by atoms with Gasteiger partial charge in [-0.2, -0.15) is 5.10 Å². The monoisotopic (exact) mass is 302 g/mol. The number of hydrogen-bond donors (Lipinski definition) is 0. The minimum Gasteiger partial charge on any atom is -0.381 e. The van der Waals surface area contributed by atoms with Crippen molar-refractivity contribution in [2.45, 2.75) is 25.2 Å². The summed E-state index contributed by atoms with van der Waals surface area (Å²) < 4.78 is 5.32. The summed E-state index contributed by atoms with van der Waals surface area (Å²) in [7, 11) is 0. The van der Waals surface area contributed by atoms with Crippen LogP contribution in [0.25, 0.3) is 0 Å². The van der Waals surface area contributed by atoms with E-state index < -0.39 is 0 Å². The molecule has 0 bridgehead atoms. The molecule has 3 aliphatic rings. The van der Waals surface area contributed by atoms with Crippen molar-refractivity contribution >= 4 is 11.7 Å². The average molecular weight is 302 g/mol. The summed E-state index contributed by atoms with van der Waals surface area (Å²) in [6.07, 6.45) is 3.37. The predicted molar refractivity (Wildman–Crippen MR) is 81.7 cm³/mol. The number of carbonyl (C=O) groups excluding carboxylic acids is 1. The highest BCUT2D eigenvalue weighted by Gasteiger charge is 2.30. The summed E-state index contributed by atoms with van der Waals surface area (Å²) in [6.45, 7) is 4.50. The van der Waals surface area contributed by atoms with Crippen LogP contribution in [0.5, 0.6) is 0 Å². The van der Waals surface area contributed by atoms with Crippen molar-refractivity contribution in [3.63, 3.8) is 0 Å². The molecular formula is C16H22N4O2. The van der Waals surface area contributed by atoms with Crippen LogP contribution < -0.4 is 4.90 Å². The molecule has 6 heteroatoms. The topological polar surface area (TPSA) is 58.6 Å². The van der Waals surface area contributed by atoms with Crippen LogP contribution in [0, 0.1) is 5.92 Å². The van der Waals surface area contributed by atoms with Gasteiger partial charge in [0.2, 0.25) is 5.91 Å². The number of aromatic nitrogens is 2. The fraction of sp³-hybridized carbons (Fsp3) is 0.688. The van der Waals surface area contributed by atoms with Crippen molar-refractivity contribution in [3.8, 4) is 0 Å². The molecule has 1 aromatic rings. The molecule has 0 radical (unpaired) electrons. The van der Waals surface area contributed by atoms with E-state index in [1.165, 1.54) is 12.8 Å². The molecule has 2 aliphatic heterocycles. The molecule has 1 aromatic heterocycles. The van der Waals surface area contributed by atoms with E-state index in [0.717, 1.165) is 50.7 Å². The van der Waals surface area contributed by atoms with E-state index in [-0.39, 0.29) is 11.8 Å². The summed E-state index contributed by atoms with van der Waals surface area (Å²) in [5.41, 5.74) is 1.12.